The van der Waals surface area contributed by atoms with Crippen LogP contribution in [0.3, 0.4) is 0 Å². The highest BCUT2D eigenvalue weighted by Gasteiger charge is 2.11. The van der Waals surface area contributed by atoms with Crippen LogP contribution in [0.1, 0.15) is 63.5 Å². The first-order valence-corrected chi connectivity index (χ1v) is 8.51. The molecule has 2 aromatic carbocycles. The Labute approximate surface area is 129 Å². The molecule has 1 N–H and O–H groups in total. The molecule has 1 heteroatoms. The van der Waals surface area contributed by atoms with E-state index in [1.807, 2.05) is 0 Å². The molecule has 0 aromatic heterocycles. The highest BCUT2D eigenvalue weighted by molar-refractivity contribution is 5.86. The van der Waals surface area contributed by atoms with E-state index in [0.29, 0.717) is 6.04 Å². The first-order valence-electron chi connectivity index (χ1n) is 8.51. The third-order valence-electron chi connectivity index (χ3n) is 4.39. The molecule has 1 nitrogen and oxygen atoms in total. The zero-order chi connectivity index (χ0) is 14.9. The van der Waals surface area contributed by atoms with Gasteiger partial charge in [0.1, 0.15) is 0 Å². The second kappa shape index (κ2) is 8.84. The van der Waals surface area contributed by atoms with Gasteiger partial charge in [-0.3, -0.25) is 0 Å². The molecule has 21 heavy (non-hydrogen) atoms. The van der Waals surface area contributed by atoms with Crippen molar-refractivity contribution in [1.29, 1.82) is 0 Å². The van der Waals surface area contributed by atoms with Crippen molar-refractivity contribution >= 4 is 10.8 Å². The van der Waals surface area contributed by atoms with Crippen LogP contribution in [0.15, 0.2) is 42.5 Å². The predicted octanol–water partition coefficient (Wildman–Crippen LogP) is 5.85. The van der Waals surface area contributed by atoms with Crippen LogP contribution in [-0.2, 0) is 0 Å². The van der Waals surface area contributed by atoms with E-state index >= 15 is 0 Å². The second-order valence-corrected chi connectivity index (χ2v) is 5.97. The van der Waals surface area contributed by atoms with Crippen molar-refractivity contribution in [3.8, 4) is 0 Å². The number of nitrogens with one attached hydrogen (secondary N) is 1. The molecular formula is C20H29N. The summed E-state index contributed by atoms with van der Waals surface area (Å²) >= 11 is 0. The molecule has 0 bridgehead atoms. The van der Waals surface area contributed by atoms with Crippen LogP contribution in [0.5, 0.6) is 0 Å². The van der Waals surface area contributed by atoms with Crippen LogP contribution in [-0.4, -0.2) is 7.05 Å². The molecule has 0 fully saturated rings. The van der Waals surface area contributed by atoms with Gasteiger partial charge in [-0.15, -0.1) is 0 Å². The molecule has 1 unspecified atom stereocenters. The summed E-state index contributed by atoms with van der Waals surface area (Å²) in [6.07, 6.45) is 9.42. The van der Waals surface area contributed by atoms with E-state index in [4.69, 9.17) is 0 Å². The SMILES string of the molecule is CCCCCCCCC(NC)c1cccc2ccccc12. The topological polar surface area (TPSA) is 12.0 Å². The third kappa shape index (κ3) is 4.57. The lowest BCUT2D eigenvalue weighted by atomic mass is 9.95. The first kappa shape index (κ1) is 16.0. The van der Waals surface area contributed by atoms with Gasteiger partial charge in [-0.2, -0.15) is 0 Å². The van der Waals surface area contributed by atoms with Gasteiger partial charge in [0.2, 0.25) is 0 Å². The maximum Gasteiger partial charge on any atom is 0.0323 e. The van der Waals surface area contributed by atoms with Crippen molar-refractivity contribution in [3.63, 3.8) is 0 Å². The Morgan fingerprint density at radius 3 is 2.38 bits per heavy atom. The average molecular weight is 283 g/mol. The molecule has 114 valence electrons. The fourth-order valence-corrected chi connectivity index (χ4v) is 3.14. The molecule has 0 aliphatic carbocycles. The van der Waals surface area contributed by atoms with E-state index in [1.54, 1.807) is 0 Å². The van der Waals surface area contributed by atoms with Crippen LogP contribution in [0.2, 0.25) is 0 Å². The van der Waals surface area contributed by atoms with Crippen LogP contribution in [0.4, 0.5) is 0 Å². The van der Waals surface area contributed by atoms with Crippen molar-refractivity contribution < 1.29 is 0 Å². The minimum Gasteiger partial charge on any atom is -0.313 e. The maximum atomic E-state index is 3.51. The van der Waals surface area contributed by atoms with E-state index in [9.17, 15) is 0 Å². The van der Waals surface area contributed by atoms with E-state index < -0.39 is 0 Å². The Bertz CT molecular complexity index is 527. The lowest BCUT2D eigenvalue weighted by Gasteiger charge is -2.19. The van der Waals surface area contributed by atoms with Gasteiger partial charge >= 0.3 is 0 Å². The standard InChI is InChI=1S/C20H29N/c1-3-4-5-6-7-8-16-20(21-2)19-15-11-13-17-12-9-10-14-18(17)19/h9-15,20-21H,3-8,16H2,1-2H3. The van der Waals surface area contributed by atoms with Gasteiger partial charge in [0.15, 0.2) is 0 Å². The van der Waals surface area contributed by atoms with Gasteiger partial charge in [0.25, 0.3) is 0 Å². The fourth-order valence-electron chi connectivity index (χ4n) is 3.14. The highest BCUT2D eigenvalue weighted by atomic mass is 14.9. The second-order valence-electron chi connectivity index (χ2n) is 5.97. The minimum atomic E-state index is 0.474. The molecular weight excluding hydrogens is 254 g/mol. The van der Waals surface area contributed by atoms with E-state index in [2.05, 4.69) is 61.8 Å². The van der Waals surface area contributed by atoms with Crippen LogP contribution in [0, 0.1) is 0 Å². The average Bonchev–Trinajstić information content (AvgIpc) is 2.54. The molecule has 2 rings (SSSR count). The lowest BCUT2D eigenvalue weighted by Crippen LogP contribution is -2.16. The van der Waals surface area contributed by atoms with Gasteiger partial charge in [0.05, 0.1) is 0 Å². The Hall–Kier alpha value is -1.34. The molecule has 2 aromatic rings. The third-order valence-corrected chi connectivity index (χ3v) is 4.39. The van der Waals surface area contributed by atoms with E-state index in [1.165, 1.54) is 61.3 Å². The van der Waals surface area contributed by atoms with E-state index in [0.717, 1.165) is 0 Å². The van der Waals surface area contributed by atoms with Crippen molar-refractivity contribution in [2.45, 2.75) is 57.9 Å². The molecule has 0 amide bonds. The van der Waals surface area contributed by atoms with Crippen LogP contribution in [0.25, 0.3) is 10.8 Å². The number of unbranched alkanes of at least 4 members (excludes halogenated alkanes) is 5. The van der Waals surface area contributed by atoms with Crippen molar-refractivity contribution in [3.05, 3.63) is 48.0 Å². The fraction of sp³-hybridized carbons (Fsp3) is 0.500. The van der Waals surface area contributed by atoms with Crippen molar-refractivity contribution in [2.75, 3.05) is 7.05 Å². The summed E-state index contributed by atoms with van der Waals surface area (Å²) in [6.45, 7) is 2.28. The summed E-state index contributed by atoms with van der Waals surface area (Å²) in [4.78, 5) is 0. The normalized spacial score (nSPS) is 12.7. The summed E-state index contributed by atoms with van der Waals surface area (Å²) in [7, 11) is 2.09. The molecule has 1 atom stereocenters. The summed E-state index contributed by atoms with van der Waals surface area (Å²) in [5, 5.41) is 6.25. The number of fused-ring (bicyclic) bond motifs is 1. The maximum absolute atomic E-state index is 3.51. The van der Waals surface area contributed by atoms with Gasteiger partial charge in [-0.05, 0) is 29.8 Å². The van der Waals surface area contributed by atoms with Gasteiger partial charge in [-0.1, -0.05) is 87.9 Å². The Kier molecular flexibility index (Phi) is 6.75. The van der Waals surface area contributed by atoms with Gasteiger partial charge in [0, 0.05) is 6.04 Å². The molecule has 0 saturated heterocycles. The number of hydrogen-bond acceptors (Lipinski definition) is 1. The van der Waals surface area contributed by atoms with Gasteiger partial charge < -0.3 is 5.32 Å². The summed E-state index contributed by atoms with van der Waals surface area (Å²) in [6, 6.07) is 15.9. The lowest BCUT2D eigenvalue weighted by molar-refractivity contribution is 0.500. The Morgan fingerprint density at radius 2 is 1.57 bits per heavy atom. The summed E-state index contributed by atoms with van der Waals surface area (Å²) in [5.74, 6) is 0. The monoisotopic (exact) mass is 283 g/mol. The molecule has 0 spiro atoms. The zero-order valence-electron chi connectivity index (χ0n) is 13.6. The molecule has 0 heterocycles. The minimum absolute atomic E-state index is 0.474. The summed E-state index contributed by atoms with van der Waals surface area (Å²) < 4.78 is 0. The number of benzene rings is 2. The summed E-state index contributed by atoms with van der Waals surface area (Å²) in [5.41, 5.74) is 1.45. The van der Waals surface area contributed by atoms with Gasteiger partial charge in [-0.25, -0.2) is 0 Å². The van der Waals surface area contributed by atoms with Crippen molar-refractivity contribution in [2.24, 2.45) is 0 Å². The van der Waals surface area contributed by atoms with E-state index in [-0.39, 0.29) is 0 Å². The van der Waals surface area contributed by atoms with Crippen LogP contribution >= 0.6 is 0 Å². The molecule has 0 aliphatic heterocycles. The largest absolute Gasteiger partial charge is 0.313 e. The first-order chi connectivity index (χ1) is 10.4. The smallest absolute Gasteiger partial charge is 0.0323 e. The number of hydrogen-bond donors (Lipinski definition) is 1. The Balaban J connectivity index is 1.96. The Morgan fingerprint density at radius 1 is 0.857 bits per heavy atom. The van der Waals surface area contributed by atoms with Crippen LogP contribution < -0.4 is 5.32 Å². The quantitative estimate of drug-likeness (QED) is 0.569. The van der Waals surface area contributed by atoms with Crippen molar-refractivity contribution in [1.82, 2.24) is 5.32 Å². The molecule has 0 saturated carbocycles. The predicted molar refractivity (Wildman–Crippen MR) is 93.7 cm³/mol. The zero-order valence-corrected chi connectivity index (χ0v) is 13.6. The molecule has 0 aliphatic rings. The molecule has 0 radical (unpaired) electrons. The number of rotatable bonds is 9. The highest BCUT2D eigenvalue weighted by Crippen LogP contribution is 2.27.